The van der Waals surface area contributed by atoms with E-state index in [2.05, 4.69) is 46.0 Å². The van der Waals surface area contributed by atoms with Gasteiger partial charge in [-0.05, 0) is 73.4 Å². The predicted octanol–water partition coefficient (Wildman–Crippen LogP) is 6.24. The molecule has 2 aromatic carbocycles. The van der Waals surface area contributed by atoms with Gasteiger partial charge in [0, 0.05) is 37.8 Å². The first-order valence-electron chi connectivity index (χ1n) is 17.9. The number of imidazole rings is 2. The van der Waals surface area contributed by atoms with Crippen LogP contribution in [-0.4, -0.2) is 92.5 Å². The zero-order valence-corrected chi connectivity index (χ0v) is 30.3. The van der Waals surface area contributed by atoms with Gasteiger partial charge >= 0.3 is 12.1 Å². The molecule has 0 unspecified atom stereocenters. The van der Waals surface area contributed by atoms with E-state index in [1.165, 1.54) is 7.11 Å². The number of H-pyrrole nitrogens is 2. The van der Waals surface area contributed by atoms with Crippen molar-refractivity contribution in [2.75, 3.05) is 33.8 Å². The van der Waals surface area contributed by atoms with Crippen molar-refractivity contribution in [2.45, 2.75) is 71.5 Å². The molecule has 4 heterocycles. The Balaban J connectivity index is 1.12. The van der Waals surface area contributed by atoms with E-state index in [0.29, 0.717) is 12.5 Å². The standard InChI is InChI=1S/C39H48N8O4/c1-24(2)23-45(5)39(50)47-20-8-9-32(47)35-40-22-31(43-35)28-16-13-26(14-17-28)11-12-27-15-18-29-30(21-27)42-36(41-29)33-10-7-19-46(33)37(48)34(25(3)4)44-38(49)51-6/h13-18,21-22,24-25,32-34H,7-10,19-20,23H2,1-6H3,(H,40,43)(H,41,42)(H,44,49)/t32-,33-,34-/m0/s1. The monoisotopic (exact) mass is 692 g/mol. The number of likely N-dealkylation sites (tertiary alicyclic amines) is 2. The number of aromatic amines is 2. The molecule has 0 aliphatic carbocycles. The molecule has 2 aliphatic heterocycles. The molecule has 4 amide bonds. The summed E-state index contributed by atoms with van der Waals surface area (Å²) in [6.07, 6.45) is 4.70. The van der Waals surface area contributed by atoms with Crippen LogP contribution in [0.3, 0.4) is 0 Å². The lowest BCUT2D eigenvalue weighted by Gasteiger charge is -2.29. The summed E-state index contributed by atoms with van der Waals surface area (Å²) in [6.45, 7) is 10.1. The molecule has 6 rings (SSSR count). The molecule has 3 atom stereocenters. The Morgan fingerprint density at radius 2 is 1.61 bits per heavy atom. The quantitative estimate of drug-likeness (QED) is 0.187. The Kier molecular flexibility index (Phi) is 10.6. The first-order chi connectivity index (χ1) is 24.5. The van der Waals surface area contributed by atoms with Crippen molar-refractivity contribution in [1.82, 2.24) is 40.0 Å². The van der Waals surface area contributed by atoms with Crippen molar-refractivity contribution in [3.05, 3.63) is 71.4 Å². The van der Waals surface area contributed by atoms with E-state index >= 15 is 0 Å². The molecule has 2 aromatic heterocycles. The second-order valence-electron chi connectivity index (χ2n) is 14.3. The van der Waals surface area contributed by atoms with E-state index in [0.717, 1.165) is 83.8 Å². The SMILES string of the molecule is COC(=O)N[C@H](C(=O)N1CCC[C@H]1c1nc2ccc(C#Cc3ccc(-c4cnc([C@@H]5CCCN5C(=O)N(C)CC(C)C)[nH]4)cc3)cc2[nH]1)C(C)C. The number of hydrogen-bond donors (Lipinski definition) is 3. The number of nitrogens with one attached hydrogen (secondary N) is 3. The highest BCUT2D eigenvalue weighted by atomic mass is 16.5. The number of fused-ring (bicyclic) bond motifs is 1. The lowest BCUT2D eigenvalue weighted by atomic mass is 10.0. The van der Waals surface area contributed by atoms with Crippen molar-refractivity contribution in [2.24, 2.45) is 11.8 Å². The van der Waals surface area contributed by atoms with Crippen LogP contribution in [0.1, 0.15) is 88.2 Å². The molecule has 0 bridgehead atoms. The Hall–Kier alpha value is -5.31. The van der Waals surface area contributed by atoms with Crippen LogP contribution in [0.2, 0.25) is 0 Å². The minimum atomic E-state index is -0.683. The van der Waals surface area contributed by atoms with Gasteiger partial charge in [0.15, 0.2) is 0 Å². The van der Waals surface area contributed by atoms with Crippen LogP contribution >= 0.6 is 0 Å². The Morgan fingerprint density at radius 3 is 2.29 bits per heavy atom. The van der Waals surface area contributed by atoms with E-state index in [1.807, 2.05) is 84.3 Å². The van der Waals surface area contributed by atoms with Crippen LogP contribution < -0.4 is 5.32 Å². The van der Waals surface area contributed by atoms with Gasteiger partial charge in [0.05, 0.1) is 42.1 Å². The number of amides is 4. The average Bonchev–Trinajstić information content (AvgIpc) is 3.94. The number of hydrogen-bond acceptors (Lipinski definition) is 6. The van der Waals surface area contributed by atoms with Gasteiger partial charge in [0.2, 0.25) is 5.91 Å². The minimum Gasteiger partial charge on any atom is -0.453 e. The molecule has 12 nitrogen and oxygen atoms in total. The predicted molar refractivity (Wildman–Crippen MR) is 195 cm³/mol. The zero-order chi connectivity index (χ0) is 36.2. The van der Waals surface area contributed by atoms with Crippen LogP contribution in [0.4, 0.5) is 9.59 Å². The van der Waals surface area contributed by atoms with Crippen molar-refractivity contribution < 1.29 is 19.1 Å². The molecule has 3 N–H and O–H groups in total. The van der Waals surface area contributed by atoms with Crippen LogP contribution in [0.15, 0.2) is 48.7 Å². The molecule has 268 valence electrons. The number of urea groups is 1. The molecule has 0 spiro atoms. The molecule has 2 aliphatic rings. The maximum atomic E-state index is 13.5. The highest BCUT2D eigenvalue weighted by Gasteiger charge is 2.38. The lowest BCUT2D eigenvalue weighted by molar-refractivity contribution is -0.135. The second-order valence-corrected chi connectivity index (χ2v) is 14.3. The summed E-state index contributed by atoms with van der Waals surface area (Å²) in [5.74, 6) is 8.25. The van der Waals surface area contributed by atoms with Gasteiger partial charge < -0.3 is 34.7 Å². The molecule has 4 aromatic rings. The summed E-state index contributed by atoms with van der Waals surface area (Å²) in [5.41, 5.74) is 5.28. The van der Waals surface area contributed by atoms with Gasteiger partial charge in [-0.2, -0.15) is 0 Å². The van der Waals surface area contributed by atoms with Crippen LogP contribution in [0.25, 0.3) is 22.3 Å². The molecule has 2 saturated heterocycles. The highest BCUT2D eigenvalue weighted by Crippen LogP contribution is 2.34. The Labute approximate surface area is 299 Å². The third-order valence-electron chi connectivity index (χ3n) is 9.67. The number of ether oxygens (including phenoxy) is 1. The Bertz CT molecular complexity index is 1940. The van der Waals surface area contributed by atoms with Crippen LogP contribution in [0.5, 0.6) is 0 Å². The van der Waals surface area contributed by atoms with Crippen molar-refractivity contribution in [3.8, 4) is 23.1 Å². The van der Waals surface area contributed by atoms with Gasteiger partial charge in [-0.3, -0.25) is 4.79 Å². The summed E-state index contributed by atoms with van der Waals surface area (Å²) in [7, 11) is 3.16. The number of methoxy groups -OCH3 is 1. The molecule has 2 fully saturated rings. The molecule has 0 saturated carbocycles. The van der Waals surface area contributed by atoms with E-state index in [9.17, 15) is 14.4 Å². The van der Waals surface area contributed by atoms with E-state index in [4.69, 9.17) is 9.72 Å². The molecular weight excluding hydrogens is 644 g/mol. The van der Waals surface area contributed by atoms with Crippen molar-refractivity contribution in [1.29, 1.82) is 0 Å². The van der Waals surface area contributed by atoms with Crippen LogP contribution in [-0.2, 0) is 9.53 Å². The number of aromatic nitrogens is 4. The number of carbonyl (C=O) groups is 3. The third-order valence-corrected chi connectivity index (χ3v) is 9.67. The smallest absolute Gasteiger partial charge is 0.407 e. The maximum absolute atomic E-state index is 13.5. The fourth-order valence-electron chi connectivity index (χ4n) is 7.11. The van der Waals surface area contributed by atoms with Gasteiger partial charge in [0.25, 0.3) is 0 Å². The molecule has 0 radical (unpaired) electrons. The summed E-state index contributed by atoms with van der Waals surface area (Å²) < 4.78 is 4.75. The summed E-state index contributed by atoms with van der Waals surface area (Å²) in [5, 5.41) is 2.70. The molecule has 12 heteroatoms. The van der Waals surface area contributed by atoms with Crippen LogP contribution in [0, 0.1) is 23.7 Å². The topological polar surface area (TPSA) is 140 Å². The van der Waals surface area contributed by atoms with Crippen molar-refractivity contribution >= 4 is 29.1 Å². The number of rotatable bonds is 8. The van der Waals surface area contributed by atoms with E-state index < -0.39 is 12.1 Å². The van der Waals surface area contributed by atoms with Gasteiger partial charge in [0.1, 0.15) is 17.7 Å². The number of alkyl carbamates (subject to hydrolysis) is 1. The largest absolute Gasteiger partial charge is 0.453 e. The first kappa shape index (κ1) is 35.5. The minimum absolute atomic E-state index is 0.0535. The fraction of sp³-hybridized carbons (Fsp3) is 0.462. The summed E-state index contributed by atoms with van der Waals surface area (Å²) >= 11 is 0. The summed E-state index contributed by atoms with van der Waals surface area (Å²) in [4.78, 5) is 60.5. The number of benzene rings is 2. The van der Waals surface area contributed by atoms with E-state index in [1.54, 1.807) is 0 Å². The maximum Gasteiger partial charge on any atom is 0.407 e. The van der Waals surface area contributed by atoms with Gasteiger partial charge in [-0.25, -0.2) is 19.6 Å². The zero-order valence-electron chi connectivity index (χ0n) is 30.3. The molecule has 51 heavy (non-hydrogen) atoms. The van der Waals surface area contributed by atoms with E-state index in [-0.39, 0.29) is 29.9 Å². The molecular formula is C39H48N8O4. The number of nitrogens with zero attached hydrogens (tertiary/aromatic N) is 5. The van der Waals surface area contributed by atoms with Crippen molar-refractivity contribution in [3.63, 3.8) is 0 Å². The first-order valence-corrected chi connectivity index (χ1v) is 17.9. The number of carbonyl (C=O) groups excluding carboxylic acids is 3. The average molecular weight is 693 g/mol. The third kappa shape index (κ3) is 7.88. The van der Waals surface area contributed by atoms with Gasteiger partial charge in [-0.15, -0.1) is 0 Å². The summed E-state index contributed by atoms with van der Waals surface area (Å²) in [6, 6.07) is 13.0. The fourth-order valence-corrected chi connectivity index (χ4v) is 7.11. The Morgan fingerprint density at radius 1 is 0.941 bits per heavy atom. The lowest BCUT2D eigenvalue weighted by Crippen LogP contribution is -2.51. The second kappa shape index (κ2) is 15.3. The normalized spacial score (nSPS) is 17.9. The highest BCUT2D eigenvalue weighted by molar-refractivity contribution is 5.86. The van der Waals surface area contributed by atoms with Gasteiger partial charge in [-0.1, -0.05) is 51.7 Å².